The highest BCUT2D eigenvalue weighted by atomic mass is 32.2. The van der Waals surface area contributed by atoms with Gasteiger partial charge in [0.15, 0.2) is 0 Å². The lowest BCUT2D eigenvalue weighted by Crippen LogP contribution is -2.09. The Labute approximate surface area is 77.3 Å². The van der Waals surface area contributed by atoms with E-state index in [-0.39, 0.29) is 11.4 Å². The molecule has 0 unspecified atom stereocenters. The van der Waals surface area contributed by atoms with Gasteiger partial charge in [-0.25, -0.2) is 8.42 Å². The number of anilines is 1. The van der Waals surface area contributed by atoms with Crippen molar-refractivity contribution in [2.24, 2.45) is 0 Å². The van der Waals surface area contributed by atoms with Crippen molar-refractivity contribution < 1.29 is 13.5 Å². The van der Waals surface area contributed by atoms with Crippen molar-refractivity contribution in [3.8, 4) is 5.75 Å². The first kappa shape index (κ1) is 9.85. The second kappa shape index (κ2) is 3.26. The van der Waals surface area contributed by atoms with Gasteiger partial charge in [0.25, 0.3) is 0 Å². The van der Waals surface area contributed by atoms with Gasteiger partial charge in [0.05, 0.1) is 11.9 Å². The van der Waals surface area contributed by atoms with E-state index in [4.69, 9.17) is 0 Å². The van der Waals surface area contributed by atoms with E-state index in [2.05, 4.69) is 4.72 Å². The van der Waals surface area contributed by atoms with Crippen molar-refractivity contribution in [3.05, 3.63) is 23.8 Å². The predicted octanol–water partition coefficient (Wildman–Crippen LogP) is 1.07. The van der Waals surface area contributed by atoms with E-state index in [1.54, 1.807) is 12.1 Å². The Morgan fingerprint density at radius 2 is 2.00 bits per heavy atom. The van der Waals surface area contributed by atoms with Gasteiger partial charge >= 0.3 is 0 Å². The Kier molecular flexibility index (Phi) is 2.47. The zero-order valence-electron chi connectivity index (χ0n) is 7.40. The normalized spacial score (nSPS) is 11.2. The van der Waals surface area contributed by atoms with Gasteiger partial charge < -0.3 is 5.11 Å². The van der Waals surface area contributed by atoms with E-state index in [1.165, 1.54) is 6.07 Å². The minimum atomic E-state index is -3.33. The summed E-state index contributed by atoms with van der Waals surface area (Å²) in [4.78, 5) is 0. The summed E-state index contributed by atoms with van der Waals surface area (Å²) in [5, 5.41) is 9.27. The number of sulfonamides is 1. The van der Waals surface area contributed by atoms with Crippen LogP contribution >= 0.6 is 0 Å². The first-order chi connectivity index (χ1) is 5.88. The van der Waals surface area contributed by atoms with Crippen LogP contribution in [0, 0.1) is 6.92 Å². The lowest BCUT2D eigenvalue weighted by atomic mass is 10.2. The van der Waals surface area contributed by atoms with Gasteiger partial charge in [-0.05, 0) is 24.6 Å². The highest BCUT2D eigenvalue weighted by Crippen LogP contribution is 2.24. The minimum Gasteiger partial charge on any atom is -0.506 e. The summed E-state index contributed by atoms with van der Waals surface area (Å²) in [6, 6.07) is 4.71. The number of aromatic hydroxyl groups is 1. The number of hydrogen-bond donors (Lipinski definition) is 2. The fraction of sp³-hybridized carbons (Fsp3) is 0.250. The number of rotatable bonds is 2. The molecule has 1 rings (SSSR count). The van der Waals surface area contributed by atoms with E-state index in [0.717, 1.165) is 11.8 Å². The second-order valence-electron chi connectivity index (χ2n) is 2.89. The topological polar surface area (TPSA) is 66.4 Å². The second-order valence-corrected chi connectivity index (χ2v) is 4.64. The molecule has 1 aromatic carbocycles. The van der Waals surface area contributed by atoms with E-state index in [0.29, 0.717) is 0 Å². The van der Waals surface area contributed by atoms with Crippen LogP contribution in [-0.4, -0.2) is 19.8 Å². The molecule has 0 fully saturated rings. The number of benzene rings is 1. The van der Waals surface area contributed by atoms with Crippen LogP contribution in [0.1, 0.15) is 5.56 Å². The predicted molar refractivity (Wildman–Crippen MR) is 51.3 cm³/mol. The molecular weight excluding hydrogens is 190 g/mol. The number of hydrogen-bond acceptors (Lipinski definition) is 3. The third-order valence-corrected chi connectivity index (χ3v) is 2.04. The highest BCUT2D eigenvalue weighted by Gasteiger charge is 2.05. The highest BCUT2D eigenvalue weighted by molar-refractivity contribution is 7.92. The molecule has 1 aromatic rings. The third-order valence-electron chi connectivity index (χ3n) is 1.45. The van der Waals surface area contributed by atoms with Crippen molar-refractivity contribution in [2.75, 3.05) is 11.0 Å². The third kappa shape index (κ3) is 2.95. The SMILES string of the molecule is Cc1ccc(O)c(NS(C)(=O)=O)c1. The first-order valence-corrected chi connectivity index (χ1v) is 5.55. The molecule has 4 nitrogen and oxygen atoms in total. The van der Waals surface area contributed by atoms with Gasteiger partial charge in [0, 0.05) is 0 Å². The molecule has 13 heavy (non-hydrogen) atoms. The molecule has 72 valence electrons. The Bertz CT molecular complexity index is 411. The summed E-state index contributed by atoms with van der Waals surface area (Å²) in [6.07, 6.45) is 1.04. The molecule has 0 aliphatic carbocycles. The number of nitrogens with one attached hydrogen (secondary N) is 1. The van der Waals surface area contributed by atoms with Crippen LogP contribution in [0.25, 0.3) is 0 Å². The minimum absolute atomic E-state index is 0.0731. The average Bonchev–Trinajstić information content (AvgIpc) is 1.94. The van der Waals surface area contributed by atoms with Crippen molar-refractivity contribution >= 4 is 15.7 Å². The Morgan fingerprint density at radius 3 is 2.54 bits per heavy atom. The van der Waals surface area contributed by atoms with Crippen molar-refractivity contribution in [2.45, 2.75) is 6.92 Å². The Hall–Kier alpha value is -1.23. The maximum atomic E-state index is 10.8. The maximum Gasteiger partial charge on any atom is 0.229 e. The van der Waals surface area contributed by atoms with Gasteiger partial charge in [-0.3, -0.25) is 4.72 Å². The van der Waals surface area contributed by atoms with Gasteiger partial charge in [-0.1, -0.05) is 6.07 Å². The first-order valence-electron chi connectivity index (χ1n) is 3.66. The number of phenols is 1. The van der Waals surface area contributed by atoms with Crippen molar-refractivity contribution in [1.29, 1.82) is 0 Å². The molecule has 0 aliphatic rings. The number of phenolic OH excluding ortho intramolecular Hbond substituents is 1. The van der Waals surface area contributed by atoms with Crippen LogP contribution in [0.15, 0.2) is 18.2 Å². The molecule has 5 heteroatoms. The molecule has 0 amide bonds. The van der Waals surface area contributed by atoms with Crippen LogP contribution in [0.2, 0.25) is 0 Å². The van der Waals surface area contributed by atoms with Gasteiger partial charge in [0.2, 0.25) is 10.0 Å². The van der Waals surface area contributed by atoms with Crippen molar-refractivity contribution in [3.63, 3.8) is 0 Å². The standard InChI is InChI=1S/C8H11NO3S/c1-6-3-4-8(10)7(5-6)9-13(2,11)12/h3-5,9-10H,1-2H3. The summed E-state index contributed by atoms with van der Waals surface area (Å²) >= 11 is 0. The maximum absolute atomic E-state index is 10.8. The summed E-state index contributed by atoms with van der Waals surface area (Å²) in [6.45, 7) is 1.81. The van der Waals surface area contributed by atoms with E-state index >= 15 is 0 Å². The summed E-state index contributed by atoms with van der Waals surface area (Å²) in [7, 11) is -3.33. The van der Waals surface area contributed by atoms with Crippen LogP contribution in [0.4, 0.5) is 5.69 Å². The molecule has 0 bridgehead atoms. The lowest BCUT2D eigenvalue weighted by Gasteiger charge is -2.06. The number of aryl methyl sites for hydroxylation is 1. The van der Waals surface area contributed by atoms with Crippen LogP contribution < -0.4 is 4.72 Å². The smallest absolute Gasteiger partial charge is 0.229 e. The molecule has 0 saturated heterocycles. The molecule has 0 atom stereocenters. The average molecular weight is 201 g/mol. The Morgan fingerprint density at radius 1 is 1.38 bits per heavy atom. The van der Waals surface area contributed by atoms with Gasteiger partial charge in [-0.2, -0.15) is 0 Å². The molecule has 0 aromatic heterocycles. The van der Waals surface area contributed by atoms with E-state index < -0.39 is 10.0 Å². The summed E-state index contributed by atoms with van der Waals surface area (Å²) < 4.78 is 23.9. The van der Waals surface area contributed by atoms with Crippen LogP contribution in [0.5, 0.6) is 5.75 Å². The lowest BCUT2D eigenvalue weighted by molar-refractivity contribution is 0.477. The molecule has 0 spiro atoms. The fourth-order valence-electron chi connectivity index (χ4n) is 0.931. The summed E-state index contributed by atoms with van der Waals surface area (Å²) in [5.74, 6) is -0.0731. The molecule has 0 radical (unpaired) electrons. The fourth-order valence-corrected chi connectivity index (χ4v) is 1.49. The van der Waals surface area contributed by atoms with Crippen LogP contribution in [-0.2, 0) is 10.0 Å². The molecule has 0 heterocycles. The quantitative estimate of drug-likeness (QED) is 0.703. The van der Waals surface area contributed by atoms with Gasteiger partial charge in [-0.15, -0.1) is 0 Å². The zero-order chi connectivity index (χ0) is 10.1. The Balaban J connectivity index is 3.08. The summed E-state index contributed by atoms with van der Waals surface area (Å²) in [5.41, 5.74) is 1.09. The van der Waals surface area contributed by atoms with Crippen LogP contribution in [0.3, 0.4) is 0 Å². The monoisotopic (exact) mass is 201 g/mol. The molecular formula is C8H11NO3S. The van der Waals surface area contributed by atoms with Crippen molar-refractivity contribution in [1.82, 2.24) is 0 Å². The van der Waals surface area contributed by atoms with E-state index in [9.17, 15) is 13.5 Å². The molecule has 2 N–H and O–H groups in total. The largest absolute Gasteiger partial charge is 0.506 e. The van der Waals surface area contributed by atoms with E-state index in [1.807, 2.05) is 6.92 Å². The van der Waals surface area contributed by atoms with Gasteiger partial charge in [0.1, 0.15) is 5.75 Å². The zero-order valence-corrected chi connectivity index (χ0v) is 8.22. The molecule has 0 saturated carbocycles. The molecule has 0 aliphatic heterocycles.